The Morgan fingerprint density at radius 1 is 0.963 bits per heavy atom. The van der Waals surface area contributed by atoms with Crippen molar-refractivity contribution >= 4 is 5.82 Å². The van der Waals surface area contributed by atoms with Crippen molar-refractivity contribution in [3.05, 3.63) is 71.3 Å². The summed E-state index contributed by atoms with van der Waals surface area (Å²) in [6, 6.07) is 21.1. The SMILES string of the molecule is COc1[nH+]c(N)c(C#N)c(-c2ccc(OCc3ccccc3)cc2)c1C#N. The number of nitrogens with one attached hydrogen (secondary N) is 1. The maximum absolute atomic E-state index is 9.54. The zero-order valence-corrected chi connectivity index (χ0v) is 14.7. The third kappa shape index (κ3) is 3.65. The number of anilines is 1. The number of nitrogens with two attached hydrogens (primary N) is 1. The maximum atomic E-state index is 9.54. The average Bonchev–Trinajstić information content (AvgIpc) is 2.72. The quantitative estimate of drug-likeness (QED) is 0.755. The predicted molar refractivity (Wildman–Crippen MR) is 99.6 cm³/mol. The molecule has 132 valence electrons. The molecule has 1 aromatic heterocycles. The van der Waals surface area contributed by atoms with Crippen LogP contribution in [0.3, 0.4) is 0 Å². The smallest absolute Gasteiger partial charge is 0.300 e. The molecule has 6 heteroatoms. The predicted octanol–water partition coefficient (Wildman–Crippen LogP) is 3.08. The fourth-order valence-electron chi connectivity index (χ4n) is 2.74. The van der Waals surface area contributed by atoms with Crippen LogP contribution < -0.4 is 20.2 Å². The average molecular weight is 357 g/mol. The van der Waals surface area contributed by atoms with Gasteiger partial charge in [0.05, 0.1) is 7.11 Å². The molecule has 27 heavy (non-hydrogen) atoms. The van der Waals surface area contributed by atoms with Crippen molar-refractivity contribution in [2.45, 2.75) is 6.61 Å². The first-order chi connectivity index (χ1) is 13.2. The maximum Gasteiger partial charge on any atom is 0.300 e. The zero-order chi connectivity index (χ0) is 19.2. The van der Waals surface area contributed by atoms with E-state index in [4.69, 9.17) is 15.2 Å². The summed E-state index contributed by atoms with van der Waals surface area (Å²) in [5.74, 6) is 1.04. The highest BCUT2D eigenvalue weighted by Gasteiger charge is 2.24. The Morgan fingerprint density at radius 2 is 1.63 bits per heavy atom. The van der Waals surface area contributed by atoms with Gasteiger partial charge >= 0.3 is 5.88 Å². The van der Waals surface area contributed by atoms with Crippen LogP contribution in [0.1, 0.15) is 16.7 Å². The lowest BCUT2D eigenvalue weighted by Gasteiger charge is -2.11. The second kappa shape index (κ2) is 7.90. The lowest BCUT2D eigenvalue weighted by atomic mass is 9.96. The Morgan fingerprint density at radius 3 is 2.22 bits per heavy atom. The van der Waals surface area contributed by atoms with Crippen LogP contribution in [0.2, 0.25) is 0 Å². The molecule has 3 N–H and O–H groups in total. The fraction of sp³-hybridized carbons (Fsp3) is 0.0952. The van der Waals surface area contributed by atoms with Gasteiger partial charge in [-0.25, -0.2) is 4.98 Å². The lowest BCUT2D eigenvalue weighted by molar-refractivity contribution is -0.376. The number of aromatic nitrogens is 1. The van der Waals surface area contributed by atoms with Gasteiger partial charge in [-0.15, -0.1) is 0 Å². The van der Waals surface area contributed by atoms with Crippen molar-refractivity contribution in [2.75, 3.05) is 12.8 Å². The number of hydrogen-bond donors (Lipinski definition) is 1. The van der Waals surface area contributed by atoms with Crippen molar-refractivity contribution < 1.29 is 14.5 Å². The number of rotatable bonds is 5. The van der Waals surface area contributed by atoms with Crippen LogP contribution in [0, 0.1) is 22.7 Å². The van der Waals surface area contributed by atoms with E-state index in [0.29, 0.717) is 23.5 Å². The van der Waals surface area contributed by atoms with E-state index in [9.17, 15) is 10.5 Å². The molecule has 0 atom stereocenters. The fourth-order valence-corrected chi connectivity index (χ4v) is 2.74. The van der Waals surface area contributed by atoms with Gasteiger partial charge in [0.25, 0.3) is 5.82 Å². The van der Waals surface area contributed by atoms with E-state index in [1.807, 2.05) is 30.3 Å². The Hall–Kier alpha value is -4.03. The number of pyridine rings is 1. The molecule has 1 heterocycles. The summed E-state index contributed by atoms with van der Waals surface area (Å²) >= 11 is 0. The first-order valence-electron chi connectivity index (χ1n) is 8.18. The summed E-state index contributed by atoms with van der Waals surface area (Å²) in [6.45, 7) is 0.453. The van der Waals surface area contributed by atoms with Gasteiger partial charge in [0, 0.05) is 5.56 Å². The van der Waals surface area contributed by atoms with E-state index in [1.165, 1.54) is 7.11 Å². The number of nitrogens with zero attached hydrogens (tertiary/aromatic N) is 2. The van der Waals surface area contributed by atoms with Crippen molar-refractivity contribution in [2.24, 2.45) is 0 Å². The van der Waals surface area contributed by atoms with Gasteiger partial charge in [0.2, 0.25) is 0 Å². The minimum atomic E-state index is 0.146. The molecule has 0 saturated heterocycles. The Balaban J connectivity index is 1.94. The molecule has 2 aromatic carbocycles. The first kappa shape index (κ1) is 17.8. The van der Waals surface area contributed by atoms with Crippen LogP contribution >= 0.6 is 0 Å². The highest BCUT2D eigenvalue weighted by atomic mass is 16.5. The topological polar surface area (TPSA) is 106 Å². The van der Waals surface area contributed by atoms with Gasteiger partial charge in [-0.2, -0.15) is 10.5 Å². The van der Waals surface area contributed by atoms with Gasteiger partial charge in [0.15, 0.2) is 5.56 Å². The van der Waals surface area contributed by atoms with Crippen LogP contribution in [0.25, 0.3) is 11.1 Å². The summed E-state index contributed by atoms with van der Waals surface area (Å²) in [5, 5.41) is 19.0. The minimum Gasteiger partial charge on any atom is -0.489 e. The molecule has 0 saturated carbocycles. The number of benzene rings is 2. The van der Waals surface area contributed by atoms with Gasteiger partial charge < -0.3 is 9.47 Å². The van der Waals surface area contributed by atoms with E-state index >= 15 is 0 Å². The van der Waals surface area contributed by atoms with Gasteiger partial charge in [-0.05, 0) is 23.3 Å². The molecular weight excluding hydrogens is 340 g/mol. The number of H-pyrrole nitrogens is 1. The molecular formula is C21H17N4O2+. The van der Waals surface area contributed by atoms with Crippen molar-refractivity contribution in [3.63, 3.8) is 0 Å². The molecule has 0 aliphatic heterocycles. The molecule has 0 aliphatic carbocycles. The van der Waals surface area contributed by atoms with E-state index in [-0.39, 0.29) is 22.8 Å². The Kier molecular flexibility index (Phi) is 5.20. The molecule has 3 rings (SSSR count). The molecule has 0 aliphatic rings. The van der Waals surface area contributed by atoms with Crippen molar-refractivity contribution in [1.82, 2.24) is 0 Å². The largest absolute Gasteiger partial charge is 0.489 e. The van der Waals surface area contributed by atoms with Gasteiger partial charge in [-0.3, -0.25) is 5.73 Å². The van der Waals surface area contributed by atoms with Crippen LogP contribution in [-0.4, -0.2) is 7.11 Å². The molecule has 0 radical (unpaired) electrons. The zero-order valence-electron chi connectivity index (χ0n) is 14.7. The molecule has 0 amide bonds. The first-order valence-corrected chi connectivity index (χ1v) is 8.18. The van der Waals surface area contributed by atoms with Crippen LogP contribution in [0.4, 0.5) is 5.82 Å². The molecule has 0 unspecified atom stereocenters. The lowest BCUT2D eigenvalue weighted by Crippen LogP contribution is -2.18. The number of aromatic amines is 1. The third-order valence-electron chi connectivity index (χ3n) is 4.06. The van der Waals surface area contributed by atoms with Crippen molar-refractivity contribution in [1.29, 1.82) is 10.5 Å². The number of nitrogen functional groups attached to an aromatic ring is 1. The summed E-state index contributed by atoms with van der Waals surface area (Å²) in [5.41, 5.74) is 8.52. The van der Waals surface area contributed by atoms with E-state index in [0.717, 1.165) is 5.56 Å². The summed E-state index contributed by atoms with van der Waals surface area (Å²) in [6.07, 6.45) is 0. The highest BCUT2D eigenvalue weighted by molar-refractivity contribution is 5.80. The van der Waals surface area contributed by atoms with Gasteiger partial charge in [-0.1, -0.05) is 42.5 Å². The Bertz CT molecular complexity index is 1030. The minimum absolute atomic E-state index is 0.146. The third-order valence-corrected chi connectivity index (χ3v) is 4.06. The molecule has 3 aromatic rings. The molecule has 6 nitrogen and oxygen atoms in total. The normalized spacial score (nSPS) is 9.89. The molecule has 0 bridgehead atoms. The molecule has 0 spiro atoms. The summed E-state index contributed by atoms with van der Waals surface area (Å²) < 4.78 is 11.0. The van der Waals surface area contributed by atoms with Crippen LogP contribution in [0.15, 0.2) is 54.6 Å². The number of methoxy groups -OCH3 is 1. The second-order valence-electron chi connectivity index (χ2n) is 5.72. The van der Waals surface area contributed by atoms with Gasteiger partial charge in [0.1, 0.15) is 30.1 Å². The van der Waals surface area contributed by atoms with E-state index < -0.39 is 0 Å². The summed E-state index contributed by atoms with van der Waals surface area (Å²) in [4.78, 5) is 2.74. The van der Waals surface area contributed by atoms with E-state index in [1.54, 1.807) is 24.3 Å². The van der Waals surface area contributed by atoms with Crippen LogP contribution in [-0.2, 0) is 6.61 Å². The van der Waals surface area contributed by atoms with E-state index in [2.05, 4.69) is 17.1 Å². The number of nitriles is 2. The second-order valence-corrected chi connectivity index (χ2v) is 5.72. The molecule has 0 fully saturated rings. The highest BCUT2D eigenvalue weighted by Crippen LogP contribution is 2.33. The number of hydrogen-bond acceptors (Lipinski definition) is 5. The Labute approximate surface area is 157 Å². The van der Waals surface area contributed by atoms with Crippen molar-refractivity contribution in [3.8, 4) is 34.9 Å². The van der Waals surface area contributed by atoms with Crippen LogP contribution in [0.5, 0.6) is 11.6 Å². The standard InChI is InChI=1S/C21H16N4O2/c1-26-21-18(12-23)19(17(11-22)20(24)25-21)15-7-9-16(10-8-15)27-13-14-5-3-2-4-6-14/h2-10H,13H2,1H3,(H2,24,25)/p+1. The number of ether oxygens (including phenoxy) is 2. The monoisotopic (exact) mass is 357 g/mol. The summed E-state index contributed by atoms with van der Waals surface area (Å²) in [7, 11) is 1.43.